The monoisotopic (exact) mass is 372 g/mol. The summed E-state index contributed by atoms with van der Waals surface area (Å²) in [5.74, 6) is -0.558. The largest absolute Gasteiger partial charge is 0.490 e. The van der Waals surface area contributed by atoms with Gasteiger partial charge in [0.2, 0.25) is 10.0 Å². The molecule has 0 aliphatic carbocycles. The van der Waals surface area contributed by atoms with E-state index < -0.39 is 34.5 Å². The van der Waals surface area contributed by atoms with Gasteiger partial charge < -0.3 is 19.5 Å². The van der Waals surface area contributed by atoms with Crippen molar-refractivity contribution in [3.63, 3.8) is 0 Å². The molecule has 1 aromatic rings. The van der Waals surface area contributed by atoms with Crippen LogP contribution in [-0.2, 0) is 24.3 Å². The van der Waals surface area contributed by atoms with Gasteiger partial charge in [0.1, 0.15) is 6.04 Å². The first-order chi connectivity index (χ1) is 11.8. The molecule has 0 saturated heterocycles. The van der Waals surface area contributed by atoms with Crippen LogP contribution in [0.25, 0.3) is 0 Å². The van der Waals surface area contributed by atoms with Crippen molar-refractivity contribution in [2.45, 2.75) is 24.3 Å². The lowest BCUT2D eigenvalue weighted by Crippen LogP contribution is -2.40. The maximum absolute atomic E-state index is 12.4. The highest BCUT2D eigenvalue weighted by molar-refractivity contribution is 7.89. The molecule has 0 aromatic heterocycles. The van der Waals surface area contributed by atoms with Crippen LogP contribution in [0.15, 0.2) is 23.1 Å². The molecule has 0 radical (unpaired) electrons. The van der Waals surface area contributed by atoms with Gasteiger partial charge in [-0.3, -0.25) is 9.59 Å². The molecule has 138 valence electrons. The molecule has 1 aliphatic rings. The molecule has 2 rings (SSSR count). The quantitative estimate of drug-likeness (QED) is 0.664. The van der Waals surface area contributed by atoms with Crippen molar-refractivity contribution in [2.75, 3.05) is 26.9 Å². The summed E-state index contributed by atoms with van der Waals surface area (Å²) in [6.45, 7) is 1.76. The van der Waals surface area contributed by atoms with Crippen LogP contribution in [0, 0.1) is 0 Å². The van der Waals surface area contributed by atoms with E-state index in [2.05, 4.69) is 10.0 Å². The highest BCUT2D eigenvalue weighted by atomic mass is 32.2. The molecule has 1 amide bonds. The molecule has 25 heavy (non-hydrogen) atoms. The Bertz CT molecular complexity index is 748. The molecule has 0 spiro atoms. The Kier molecular flexibility index (Phi) is 6.21. The summed E-state index contributed by atoms with van der Waals surface area (Å²) < 4.78 is 42.7. The highest BCUT2D eigenvalue weighted by Crippen LogP contribution is 2.31. The van der Waals surface area contributed by atoms with Gasteiger partial charge in [0.25, 0.3) is 5.91 Å². The predicted molar refractivity (Wildman–Crippen MR) is 86.9 cm³/mol. The molecule has 1 aliphatic heterocycles. The summed E-state index contributed by atoms with van der Waals surface area (Å²) in [5, 5.41) is 2.29. The molecule has 0 saturated carbocycles. The van der Waals surface area contributed by atoms with Gasteiger partial charge in [-0.15, -0.1) is 0 Å². The van der Waals surface area contributed by atoms with E-state index in [1.807, 2.05) is 0 Å². The maximum Gasteiger partial charge on any atom is 0.324 e. The van der Waals surface area contributed by atoms with Gasteiger partial charge in [0.05, 0.1) is 18.1 Å². The van der Waals surface area contributed by atoms with Gasteiger partial charge in [0, 0.05) is 19.5 Å². The summed E-state index contributed by atoms with van der Waals surface area (Å²) in [7, 11) is -2.59. The number of sulfonamides is 1. The van der Waals surface area contributed by atoms with Crippen LogP contribution >= 0.6 is 0 Å². The van der Waals surface area contributed by atoms with Crippen molar-refractivity contribution in [3.05, 3.63) is 18.2 Å². The number of amides is 1. The molecule has 1 aromatic carbocycles. The van der Waals surface area contributed by atoms with Crippen LogP contribution in [-0.4, -0.2) is 53.2 Å². The smallest absolute Gasteiger partial charge is 0.324 e. The number of carbonyl (C=O) groups is 2. The number of carbonyl (C=O) groups excluding carboxylic acids is 2. The second kappa shape index (κ2) is 8.17. The van der Waals surface area contributed by atoms with E-state index in [0.717, 1.165) is 0 Å². The van der Waals surface area contributed by atoms with Crippen molar-refractivity contribution >= 4 is 21.9 Å². The lowest BCUT2D eigenvalue weighted by atomic mass is 10.3. The first-order valence-electron chi connectivity index (χ1n) is 7.62. The molecule has 1 atom stereocenters. The molecule has 9 nitrogen and oxygen atoms in total. The minimum absolute atomic E-state index is 0.0669. The fraction of sp³-hybridized carbons (Fsp3) is 0.467. The highest BCUT2D eigenvalue weighted by Gasteiger charge is 2.25. The average molecular weight is 372 g/mol. The maximum atomic E-state index is 12.4. The third-order valence-corrected chi connectivity index (χ3v) is 4.88. The Labute approximate surface area is 145 Å². The van der Waals surface area contributed by atoms with Crippen LogP contribution in [0.2, 0.25) is 0 Å². The van der Waals surface area contributed by atoms with E-state index >= 15 is 0 Å². The van der Waals surface area contributed by atoms with Gasteiger partial charge >= 0.3 is 5.97 Å². The zero-order valence-corrected chi connectivity index (χ0v) is 14.7. The predicted octanol–water partition coefficient (Wildman–Crippen LogP) is -0.196. The molecule has 1 heterocycles. The Hall–Kier alpha value is -2.33. The Morgan fingerprint density at radius 2 is 1.92 bits per heavy atom. The van der Waals surface area contributed by atoms with Crippen LogP contribution in [0.3, 0.4) is 0 Å². The summed E-state index contributed by atoms with van der Waals surface area (Å²) >= 11 is 0. The molecular formula is C15H20N2O7S. The number of fused-ring (bicyclic) bond motifs is 1. The number of hydrogen-bond donors (Lipinski definition) is 2. The number of ether oxygens (including phenoxy) is 3. The van der Waals surface area contributed by atoms with E-state index in [1.165, 1.54) is 32.2 Å². The lowest BCUT2D eigenvalue weighted by molar-refractivity contribution is -0.149. The van der Waals surface area contributed by atoms with E-state index in [4.69, 9.17) is 14.2 Å². The van der Waals surface area contributed by atoms with Crippen molar-refractivity contribution < 1.29 is 32.2 Å². The molecule has 10 heteroatoms. The van der Waals surface area contributed by atoms with Gasteiger partial charge in [-0.2, -0.15) is 4.72 Å². The summed E-state index contributed by atoms with van der Waals surface area (Å²) in [5.41, 5.74) is 0. The summed E-state index contributed by atoms with van der Waals surface area (Å²) in [6, 6.07) is 3.04. The number of hydrogen-bond acceptors (Lipinski definition) is 7. The number of esters is 1. The van der Waals surface area contributed by atoms with Crippen molar-refractivity contribution in [1.82, 2.24) is 10.0 Å². The average Bonchev–Trinajstić information content (AvgIpc) is 2.83. The van der Waals surface area contributed by atoms with Crippen molar-refractivity contribution in [2.24, 2.45) is 0 Å². The van der Waals surface area contributed by atoms with Gasteiger partial charge in [0.15, 0.2) is 18.1 Å². The first kappa shape index (κ1) is 19.0. The number of likely N-dealkylation sites (N-methyl/N-ethyl adjacent to an activating group) is 1. The standard InChI is InChI=1S/C15H20N2O7S/c1-10(15(19)24-9-14(18)16-2)17-25(20,21)11-4-5-12-13(8-11)23-7-3-6-22-12/h4-5,8,10,17H,3,6-7,9H2,1-2H3,(H,16,18)/t10-/m0/s1. The Morgan fingerprint density at radius 3 is 2.60 bits per heavy atom. The van der Waals surface area contributed by atoms with Crippen LogP contribution < -0.4 is 19.5 Å². The SMILES string of the molecule is CNC(=O)COC(=O)[C@H](C)NS(=O)(=O)c1ccc2c(c1)OCCCO2. The fourth-order valence-corrected chi connectivity index (χ4v) is 3.20. The second-order valence-electron chi connectivity index (χ2n) is 5.28. The van der Waals surface area contributed by atoms with Gasteiger partial charge in [-0.05, 0) is 19.1 Å². The zero-order valence-electron chi connectivity index (χ0n) is 13.9. The number of benzene rings is 1. The summed E-state index contributed by atoms with van der Waals surface area (Å²) in [4.78, 5) is 22.8. The minimum atomic E-state index is -3.98. The third-order valence-electron chi connectivity index (χ3n) is 3.34. The van der Waals surface area contributed by atoms with Crippen LogP contribution in [0.5, 0.6) is 11.5 Å². The van der Waals surface area contributed by atoms with E-state index in [-0.39, 0.29) is 4.90 Å². The van der Waals surface area contributed by atoms with Gasteiger partial charge in [-0.25, -0.2) is 8.42 Å². The normalized spacial score (nSPS) is 15.0. The number of nitrogens with one attached hydrogen (secondary N) is 2. The van der Waals surface area contributed by atoms with Crippen molar-refractivity contribution in [3.8, 4) is 11.5 Å². The molecule has 0 fully saturated rings. The van der Waals surface area contributed by atoms with Crippen LogP contribution in [0.4, 0.5) is 0 Å². The van der Waals surface area contributed by atoms with Crippen LogP contribution in [0.1, 0.15) is 13.3 Å². The second-order valence-corrected chi connectivity index (χ2v) is 7.00. The lowest BCUT2D eigenvalue weighted by Gasteiger charge is -2.14. The molecule has 2 N–H and O–H groups in total. The summed E-state index contributed by atoms with van der Waals surface area (Å²) in [6.07, 6.45) is 0.698. The van der Waals surface area contributed by atoms with Crippen molar-refractivity contribution in [1.29, 1.82) is 0 Å². The molecule has 0 bridgehead atoms. The van der Waals surface area contributed by atoms with Gasteiger partial charge in [-0.1, -0.05) is 0 Å². The first-order valence-corrected chi connectivity index (χ1v) is 9.11. The third kappa shape index (κ3) is 5.07. The Morgan fingerprint density at radius 1 is 1.24 bits per heavy atom. The van der Waals surface area contributed by atoms with E-state index in [9.17, 15) is 18.0 Å². The zero-order chi connectivity index (χ0) is 18.4. The van der Waals surface area contributed by atoms with E-state index in [0.29, 0.717) is 31.1 Å². The number of rotatable bonds is 6. The molecular weight excluding hydrogens is 352 g/mol. The Balaban J connectivity index is 2.07. The van der Waals surface area contributed by atoms with E-state index in [1.54, 1.807) is 0 Å². The minimum Gasteiger partial charge on any atom is -0.490 e. The topological polar surface area (TPSA) is 120 Å². The fourth-order valence-electron chi connectivity index (χ4n) is 1.99. The molecule has 0 unspecified atom stereocenters.